The first-order valence-corrected chi connectivity index (χ1v) is 8.25. The third-order valence-electron chi connectivity index (χ3n) is 3.41. The highest BCUT2D eigenvalue weighted by molar-refractivity contribution is 7.89. The van der Waals surface area contributed by atoms with Gasteiger partial charge in [-0.05, 0) is 31.0 Å². The second-order valence-corrected chi connectivity index (χ2v) is 7.51. The van der Waals surface area contributed by atoms with Crippen molar-refractivity contribution in [1.82, 2.24) is 14.1 Å². The third kappa shape index (κ3) is 3.12. The lowest BCUT2D eigenvalue weighted by Crippen LogP contribution is -2.28. The number of hydrogen-bond acceptors (Lipinski definition) is 3. The fourth-order valence-corrected chi connectivity index (χ4v) is 3.73. The van der Waals surface area contributed by atoms with E-state index in [4.69, 9.17) is 11.6 Å². The van der Waals surface area contributed by atoms with Crippen molar-refractivity contribution in [3.63, 3.8) is 0 Å². The van der Waals surface area contributed by atoms with E-state index < -0.39 is 10.0 Å². The molecule has 1 aromatic carbocycles. The zero-order valence-corrected chi connectivity index (χ0v) is 14.0. The van der Waals surface area contributed by atoms with Crippen LogP contribution in [0.15, 0.2) is 29.3 Å². The number of sulfonamides is 1. The zero-order chi connectivity index (χ0) is 15.8. The Kier molecular flexibility index (Phi) is 4.41. The summed E-state index contributed by atoms with van der Waals surface area (Å²) in [5, 5.41) is 4.48. The minimum absolute atomic E-state index is 0.172. The molecule has 0 spiro atoms. The van der Waals surface area contributed by atoms with Gasteiger partial charge in [0.1, 0.15) is 0 Å². The van der Waals surface area contributed by atoms with Crippen molar-refractivity contribution in [2.75, 3.05) is 7.05 Å². The van der Waals surface area contributed by atoms with Crippen LogP contribution in [-0.2, 0) is 23.6 Å². The van der Waals surface area contributed by atoms with E-state index in [2.05, 4.69) is 5.10 Å². The first-order valence-electron chi connectivity index (χ1n) is 6.43. The van der Waals surface area contributed by atoms with Crippen molar-refractivity contribution in [2.45, 2.75) is 25.3 Å². The summed E-state index contributed by atoms with van der Waals surface area (Å²) in [6.07, 6.45) is 1.51. The molecule has 1 aromatic heterocycles. The van der Waals surface area contributed by atoms with Gasteiger partial charge in [0.05, 0.1) is 28.4 Å². The summed E-state index contributed by atoms with van der Waals surface area (Å²) < 4.78 is 28.3. The average Bonchev–Trinajstić information content (AvgIpc) is 2.73. The third-order valence-corrected chi connectivity index (χ3v) is 5.68. The Bertz CT molecular complexity index is 749. The van der Waals surface area contributed by atoms with Crippen LogP contribution in [0.3, 0.4) is 0 Å². The maximum absolute atomic E-state index is 12.7. The van der Waals surface area contributed by atoms with Gasteiger partial charge >= 0.3 is 0 Å². The van der Waals surface area contributed by atoms with Crippen LogP contribution >= 0.6 is 11.6 Å². The van der Waals surface area contributed by atoms with Crippen molar-refractivity contribution < 1.29 is 8.42 Å². The molecule has 1 heterocycles. The van der Waals surface area contributed by atoms with Gasteiger partial charge in [0.15, 0.2) is 0 Å². The molecule has 0 saturated heterocycles. The van der Waals surface area contributed by atoms with Crippen LogP contribution in [0.2, 0.25) is 5.02 Å². The smallest absolute Gasteiger partial charge is 0.243 e. The monoisotopic (exact) mass is 327 g/mol. The van der Waals surface area contributed by atoms with E-state index in [9.17, 15) is 8.42 Å². The maximum Gasteiger partial charge on any atom is 0.243 e. The van der Waals surface area contributed by atoms with E-state index in [1.54, 1.807) is 31.8 Å². The van der Waals surface area contributed by atoms with Crippen molar-refractivity contribution in [3.8, 4) is 0 Å². The van der Waals surface area contributed by atoms with Crippen LogP contribution in [0.25, 0.3) is 0 Å². The standard InChI is InChI=1S/C14H18ClN3O2S/c1-10-5-6-11(2)14(7-10)21(19,20)17(3)9-13-12(15)8-16-18(13)4/h5-8H,9H2,1-4H3. The highest BCUT2D eigenvalue weighted by Gasteiger charge is 2.24. The fraction of sp³-hybridized carbons (Fsp3) is 0.357. The van der Waals surface area contributed by atoms with Gasteiger partial charge in [0, 0.05) is 14.1 Å². The number of aromatic nitrogens is 2. The van der Waals surface area contributed by atoms with Gasteiger partial charge in [-0.15, -0.1) is 0 Å². The molecule has 2 aromatic rings. The molecule has 0 aliphatic carbocycles. The van der Waals surface area contributed by atoms with Crippen molar-refractivity contribution in [1.29, 1.82) is 0 Å². The Morgan fingerprint density at radius 1 is 1.33 bits per heavy atom. The van der Waals surface area contributed by atoms with Crippen molar-refractivity contribution in [3.05, 3.63) is 46.2 Å². The molecule has 114 valence electrons. The molecule has 0 aliphatic rings. The molecule has 0 fully saturated rings. The molecule has 0 radical (unpaired) electrons. The van der Waals surface area contributed by atoms with E-state index in [1.165, 1.54) is 10.5 Å². The molecule has 2 rings (SSSR count). The number of rotatable bonds is 4. The number of halogens is 1. The minimum atomic E-state index is -3.57. The average molecular weight is 328 g/mol. The van der Waals surface area contributed by atoms with Crippen LogP contribution in [-0.4, -0.2) is 29.6 Å². The predicted molar refractivity (Wildman–Crippen MR) is 82.8 cm³/mol. The van der Waals surface area contributed by atoms with Gasteiger partial charge in [-0.25, -0.2) is 8.42 Å². The Hall–Kier alpha value is -1.37. The fourth-order valence-electron chi connectivity index (χ4n) is 2.06. The molecular weight excluding hydrogens is 310 g/mol. The molecule has 5 nitrogen and oxygen atoms in total. The largest absolute Gasteiger partial charge is 0.270 e. The summed E-state index contributed by atoms with van der Waals surface area (Å²) in [5.74, 6) is 0. The van der Waals surface area contributed by atoms with Crippen LogP contribution in [0.4, 0.5) is 0 Å². The molecule has 0 N–H and O–H groups in total. The quantitative estimate of drug-likeness (QED) is 0.867. The molecule has 0 bridgehead atoms. The molecule has 0 aliphatic heterocycles. The second kappa shape index (κ2) is 5.79. The van der Waals surface area contributed by atoms with Gasteiger partial charge in [-0.1, -0.05) is 23.7 Å². The summed E-state index contributed by atoms with van der Waals surface area (Å²) in [4.78, 5) is 0.322. The number of nitrogens with zero attached hydrogens (tertiary/aromatic N) is 3. The lowest BCUT2D eigenvalue weighted by atomic mass is 10.2. The van der Waals surface area contributed by atoms with Crippen LogP contribution in [0, 0.1) is 13.8 Å². The molecule has 0 saturated carbocycles. The SMILES string of the molecule is Cc1ccc(C)c(S(=O)(=O)N(C)Cc2c(Cl)cnn2C)c1. The summed E-state index contributed by atoms with van der Waals surface area (Å²) in [5.41, 5.74) is 2.29. The van der Waals surface area contributed by atoms with Crippen molar-refractivity contribution >= 4 is 21.6 Å². The molecule has 0 unspecified atom stereocenters. The molecular formula is C14H18ClN3O2S. The number of hydrogen-bond donors (Lipinski definition) is 0. The van der Waals surface area contributed by atoms with E-state index in [1.807, 2.05) is 19.1 Å². The second-order valence-electron chi connectivity index (χ2n) is 5.09. The lowest BCUT2D eigenvalue weighted by molar-refractivity contribution is 0.452. The number of benzene rings is 1. The van der Waals surface area contributed by atoms with Crippen LogP contribution < -0.4 is 0 Å². The molecule has 21 heavy (non-hydrogen) atoms. The van der Waals surface area contributed by atoms with E-state index in [0.29, 0.717) is 15.6 Å². The zero-order valence-electron chi connectivity index (χ0n) is 12.5. The summed E-state index contributed by atoms with van der Waals surface area (Å²) in [7, 11) is -0.290. The highest BCUT2D eigenvalue weighted by Crippen LogP contribution is 2.23. The van der Waals surface area contributed by atoms with Gasteiger partial charge in [-0.2, -0.15) is 9.40 Å². The van der Waals surface area contributed by atoms with Crippen LogP contribution in [0.5, 0.6) is 0 Å². The lowest BCUT2D eigenvalue weighted by Gasteiger charge is -2.19. The van der Waals surface area contributed by atoms with E-state index >= 15 is 0 Å². The summed E-state index contributed by atoms with van der Waals surface area (Å²) >= 11 is 6.04. The van der Waals surface area contributed by atoms with Gasteiger partial charge < -0.3 is 0 Å². The predicted octanol–water partition coefficient (Wildman–Crippen LogP) is 2.51. The summed E-state index contributed by atoms with van der Waals surface area (Å²) in [6.45, 7) is 3.83. The highest BCUT2D eigenvalue weighted by atomic mass is 35.5. The van der Waals surface area contributed by atoms with E-state index in [0.717, 1.165) is 11.1 Å². The topological polar surface area (TPSA) is 55.2 Å². The maximum atomic E-state index is 12.7. The normalized spacial score (nSPS) is 12.1. The van der Waals surface area contributed by atoms with Crippen LogP contribution in [0.1, 0.15) is 16.8 Å². The van der Waals surface area contributed by atoms with Gasteiger partial charge in [-0.3, -0.25) is 4.68 Å². The van der Waals surface area contributed by atoms with Gasteiger partial charge in [0.25, 0.3) is 0 Å². The number of aryl methyl sites for hydroxylation is 3. The molecule has 0 atom stereocenters. The minimum Gasteiger partial charge on any atom is -0.270 e. The molecule has 7 heteroatoms. The molecule has 0 amide bonds. The first kappa shape index (κ1) is 16.0. The summed E-state index contributed by atoms with van der Waals surface area (Å²) in [6, 6.07) is 5.39. The first-order chi connectivity index (χ1) is 9.73. The van der Waals surface area contributed by atoms with Gasteiger partial charge in [0.2, 0.25) is 10.0 Å². The Labute approximate surface area is 130 Å². The Morgan fingerprint density at radius 3 is 2.57 bits per heavy atom. The Morgan fingerprint density at radius 2 is 2.00 bits per heavy atom. The Balaban J connectivity index is 2.37. The van der Waals surface area contributed by atoms with Crippen molar-refractivity contribution in [2.24, 2.45) is 7.05 Å². The van der Waals surface area contributed by atoms with E-state index in [-0.39, 0.29) is 6.54 Å².